The molecule has 2 unspecified atom stereocenters. The summed E-state index contributed by atoms with van der Waals surface area (Å²) in [6.45, 7) is 13.5. The highest BCUT2D eigenvalue weighted by Gasteiger charge is 2.79. The van der Waals surface area contributed by atoms with Crippen LogP contribution in [0.15, 0.2) is 35.5 Å². The maximum Gasteiger partial charge on any atom is 0.397 e. The molecule has 3 saturated carbocycles. The molecular weight excluding hydrogens is 1080 g/mol. The van der Waals surface area contributed by atoms with Gasteiger partial charge in [0, 0.05) is 19.4 Å². The van der Waals surface area contributed by atoms with Crippen LogP contribution in [-0.4, -0.2) is 222 Å². The molecule has 0 aromatic rings. The zero-order valence-electron chi connectivity index (χ0n) is 46.5. The molecule has 25 nitrogen and oxygen atoms in total. The molecule has 0 radical (unpaired) electrons. The first kappa shape index (κ1) is 61.9. The van der Waals surface area contributed by atoms with Crippen LogP contribution >= 0.6 is 0 Å². The number of carbonyl (C=O) groups is 2. The number of allylic oxidation sites excluding steroid dienone is 5. The van der Waals surface area contributed by atoms with Gasteiger partial charge in [-0.05, 0) is 88.0 Å². The number of rotatable bonds is 15. The average molecular weight is 1160 g/mol. The SMILES string of the molecule is CO[C@@H]1[C@@H](O)[C@H](O[C@@H]2[C@H](O)[C@H](O[C@@H]3CO[C@@H](O[C@@H]4[C@H](O[C@H]5CC[C@]6(C)C7CCC89C(=O)O[C@@](C)(/C=C\C=C(C)C)[C@H]8[C@@H](OC(C)=O)C[C@@]9(C)C7=CC[C@H]6C5(C)C)OC[C@@H](OS(=O)(=O)O)[C@@H]4O)[C@@H](O)[C@H]3O)OC[C@H]2O)O[C@H](CO)[C@H]1O. The van der Waals surface area contributed by atoms with Gasteiger partial charge < -0.3 is 93.0 Å². The van der Waals surface area contributed by atoms with Gasteiger partial charge in [-0.2, -0.15) is 8.42 Å². The summed E-state index contributed by atoms with van der Waals surface area (Å²) < 4.78 is 103. The van der Waals surface area contributed by atoms with Crippen molar-refractivity contribution in [1.82, 2.24) is 0 Å². The number of hydrogen-bond acceptors (Lipinski definition) is 24. The van der Waals surface area contributed by atoms with Gasteiger partial charge in [0.2, 0.25) is 0 Å². The lowest BCUT2D eigenvalue weighted by Crippen LogP contribution is -2.64. The summed E-state index contributed by atoms with van der Waals surface area (Å²) in [6.07, 6.45) is -17.4. The smallest absolute Gasteiger partial charge is 0.397 e. The molecule has 454 valence electrons. The first-order chi connectivity index (χ1) is 37.5. The van der Waals surface area contributed by atoms with E-state index in [-0.39, 0.29) is 23.2 Å². The van der Waals surface area contributed by atoms with Gasteiger partial charge in [0.1, 0.15) is 91.1 Å². The van der Waals surface area contributed by atoms with E-state index in [9.17, 15) is 63.4 Å². The summed E-state index contributed by atoms with van der Waals surface area (Å²) in [5.41, 5.74) is -1.40. The lowest BCUT2D eigenvalue weighted by molar-refractivity contribution is -0.373. The summed E-state index contributed by atoms with van der Waals surface area (Å²) in [5.74, 6) is -1.14. The van der Waals surface area contributed by atoms with E-state index in [1.165, 1.54) is 14.0 Å². The van der Waals surface area contributed by atoms with Gasteiger partial charge in [-0.15, -0.1) is 0 Å². The molecular formula is C54H82O25S. The van der Waals surface area contributed by atoms with E-state index in [1.807, 2.05) is 39.0 Å². The molecule has 9 rings (SSSR count). The fourth-order valence-electron chi connectivity index (χ4n) is 15.6. The standard InChI is InChI=1S/C54H82O25S/c1-24(2)11-10-16-53(8)44-29(72-25(3)56)19-52(7)27-12-13-33-50(4,5)34(15-17-51(33,6)26(27)14-18-54(44,52)49(64)78-53)75-48-43(37(60)32(23-71-48)79-80(65,66)67)77-45-38(61)35(58)31(22-70-45)74-46-39(62)41(28(57)21-69-46)76-47-40(63)42(68-9)36(59)30(20-55)73-47/h10-12,16,26,28-48,55,57-63H,13-15,17-23H2,1-9H3,(H,65,66,67)/b16-10-/t26?,28-,29+,30-,31-,32-,33+,34+,35+,36-,37+,38+,39+,40-,41+,42+,43+,44-,45+,46+,47+,48+,51-,52+,53+,54?/m1/s1. The van der Waals surface area contributed by atoms with Crippen LogP contribution in [0.1, 0.15) is 93.9 Å². The number of aliphatic hydroxyl groups excluding tert-OH is 8. The minimum Gasteiger partial charge on any atom is -0.462 e. The Morgan fingerprint density at radius 3 is 2.06 bits per heavy atom. The summed E-state index contributed by atoms with van der Waals surface area (Å²) in [6, 6.07) is 0. The number of esters is 2. The Kier molecular flexibility index (Phi) is 17.8. The number of hydrogen-bond donors (Lipinski definition) is 9. The molecule has 26 heteroatoms. The minimum atomic E-state index is -5.15. The van der Waals surface area contributed by atoms with Crippen LogP contribution in [0.5, 0.6) is 0 Å². The normalized spacial score (nSPS) is 49.2. The second-order valence-corrected chi connectivity index (χ2v) is 25.9. The van der Waals surface area contributed by atoms with Crippen LogP contribution in [0.25, 0.3) is 0 Å². The van der Waals surface area contributed by atoms with Gasteiger partial charge in [-0.3, -0.25) is 14.1 Å². The van der Waals surface area contributed by atoms with Gasteiger partial charge in [-0.25, -0.2) is 4.18 Å². The fourth-order valence-corrected chi connectivity index (χ4v) is 16.1. The molecule has 80 heavy (non-hydrogen) atoms. The maximum atomic E-state index is 14.6. The van der Waals surface area contributed by atoms with Crippen LogP contribution in [0.3, 0.4) is 0 Å². The third kappa shape index (κ3) is 10.8. The van der Waals surface area contributed by atoms with E-state index in [0.717, 1.165) is 11.1 Å². The van der Waals surface area contributed by atoms with E-state index >= 15 is 0 Å². The quantitative estimate of drug-likeness (QED) is 0.0451. The molecule has 9 N–H and O–H groups in total. The Morgan fingerprint density at radius 2 is 1.40 bits per heavy atom. The van der Waals surface area contributed by atoms with Crippen LogP contribution in [-0.2, 0) is 76.3 Å². The summed E-state index contributed by atoms with van der Waals surface area (Å²) in [5, 5.41) is 87.8. The third-order valence-corrected chi connectivity index (χ3v) is 19.9. The molecule has 0 aromatic heterocycles. The highest BCUT2D eigenvalue weighted by Crippen LogP contribution is 2.76. The lowest BCUT2D eigenvalue weighted by Gasteiger charge is -2.63. The molecule has 5 saturated heterocycles. The number of fused-ring (bicyclic) bond motifs is 4. The van der Waals surface area contributed by atoms with Crippen molar-refractivity contribution in [1.29, 1.82) is 0 Å². The topological polar surface area (TPSA) is 361 Å². The zero-order chi connectivity index (χ0) is 58.4. The van der Waals surface area contributed by atoms with Crippen LogP contribution in [0.4, 0.5) is 0 Å². The van der Waals surface area contributed by atoms with E-state index < -0.39 is 187 Å². The molecule has 1 spiro atoms. The second kappa shape index (κ2) is 23.0. The largest absolute Gasteiger partial charge is 0.462 e. The van der Waals surface area contributed by atoms with Crippen molar-refractivity contribution in [2.24, 2.45) is 39.4 Å². The molecule has 0 amide bonds. The molecule has 0 bridgehead atoms. The van der Waals surface area contributed by atoms with Crippen LogP contribution < -0.4 is 0 Å². The van der Waals surface area contributed by atoms with Gasteiger partial charge in [-0.1, -0.05) is 57.1 Å². The van der Waals surface area contributed by atoms with Crippen molar-refractivity contribution < 1.29 is 120 Å². The second-order valence-electron chi connectivity index (χ2n) is 24.8. The Labute approximate surface area is 465 Å². The van der Waals surface area contributed by atoms with Crippen molar-refractivity contribution in [3.05, 3.63) is 35.5 Å². The fraction of sp³-hybridized carbons (Fsp3) is 0.852. The van der Waals surface area contributed by atoms with Crippen molar-refractivity contribution in [2.75, 3.05) is 33.5 Å². The van der Waals surface area contributed by atoms with Gasteiger partial charge >= 0.3 is 22.3 Å². The van der Waals surface area contributed by atoms with E-state index in [0.29, 0.717) is 38.5 Å². The average Bonchev–Trinajstić information content (AvgIpc) is 3.78. The molecule has 8 fully saturated rings. The predicted octanol–water partition coefficient (Wildman–Crippen LogP) is 0.00740. The number of aliphatic hydroxyl groups is 8. The van der Waals surface area contributed by atoms with Gasteiger partial charge in [0.15, 0.2) is 25.2 Å². The monoisotopic (exact) mass is 1160 g/mol. The minimum absolute atomic E-state index is 0.0203. The molecule has 26 atom stereocenters. The van der Waals surface area contributed by atoms with E-state index in [1.54, 1.807) is 0 Å². The van der Waals surface area contributed by atoms with Crippen molar-refractivity contribution in [3.63, 3.8) is 0 Å². The van der Waals surface area contributed by atoms with Crippen molar-refractivity contribution >= 4 is 22.3 Å². The molecule has 0 aromatic carbocycles. The molecule has 9 aliphatic rings. The zero-order valence-corrected chi connectivity index (χ0v) is 47.4. The summed E-state index contributed by atoms with van der Waals surface area (Å²) in [4.78, 5) is 27.3. The van der Waals surface area contributed by atoms with E-state index in [4.69, 9.17) is 56.3 Å². The molecule has 4 aliphatic carbocycles. The predicted molar refractivity (Wildman–Crippen MR) is 271 cm³/mol. The number of carbonyl (C=O) groups excluding carboxylic acids is 2. The van der Waals surface area contributed by atoms with E-state index in [2.05, 4.69) is 33.8 Å². The summed E-state index contributed by atoms with van der Waals surface area (Å²) >= 11 is 0. The van der Waals surface area contributed by atoms with Crippen LogP contribution in [0, 0.1) is 39.4 Å². The highest BCUT2D eigenvalue weighted by molar-refractivity contribution is 7.80. The first-order valence-corrected chi connectivity index (χ1v) is 28.9. The van der Waals surface area contributed by atoms with Crippen molar-refractivity contribution in [3.8, 4) is 0 Å². The number of cyclic esters (lactones) is 1. The third-order valence-electron chi connectivity index (χ3n) is 19.4. The number of methoxy groups -OCH3 is 1. The molecule has 5 aliphatic heterocycles. The first-order valence-electron chi connectivity index (χ1n) is 27.6. The van der Waals surface area contributed by atoms with Crippen LogP contribution in [0.2, 0.25) is 0 Å². The maximum absolute atomic E-state index is 14.6. The summed E-state index contributed by atoms with van der Waals surface area (Å²) in [7, 11) is -3.95. The Morgan fingerprint density at radius 1 is 0.750 bits per heavy atom. The lowest BCUT2D eigenvalue weighted by atomic mass is 9.41. The highest BCUT2D eigenvalue weighted by atomic mass is 32.3. The Bertz CT molecular complexity index is 2470. The van der Waals surface area contributed by atoms with Gasteiger partial charge in [0.05, 0.1) is 43.9 Å². The Hall–Kier alpha value is -2.65. The molecule has 5 heterocycles. The number of ether oxygens (including phenoxy) is 11. The van der Waals surface area contributed by atoms with Gasteiger partial charge in [0.25, 0.3) is 0 Å². The van der Waals surface area contributed by atoms with Crippen molar-refractivity contribution in [2.45, 2.75) is 216 Å². The Balaban J connectivity index is 0.900.